The second-order valence-corrected chi connectivity index (χ2v) is 4.72. The lowest BCUT2D eigenvalue weighted by Gasteiger charge is -2.05. The molecule has 6 heteroatoms. The van der Waals surface area contributed by atoms with E-state index in [2.05, 4.69) is 7.05 Å². The van der Waals surface area contributed by atoms with Crippen LogP contribution in [0.4, 0.5) is 0 Å². The van der Waals surface area contributed by atoms with Crippen molar-refractivity contribution in [3.8, 4) is 0 Å². The Morgan fingerprint density at radius 1 is 1.23 bits per heavy atom. The first-order valence-electron chi connectivity index (χ1n) is 3.22. The van der Waals surface area contributed by atoms with Crippen LogP contribution in [0.2, 0.25) is 10.0 Å². The van der Waals surface area contributed by atoms with Crippen LogP contribution in [0.3, 0.4) is 0 Å². The highest BCUT2D eigenvalue weighted by atomic mass is 35.5. The SMILES string of the molecule is [CH2]NS(=O)(=O)c1c(Cl)cccc1Cl. The molecule has 1 N–H and O–H groups in total. The van der Waals surface area contributed by atoms with Crippen LogP contribution in [0, 0.1) is 7.05 Å². The van der Waals surface area contributed by atoms with E-state index in [4.69, 9.17) is 23.2 Å². The van der Waals surface area contributed by atoms with Gasteiger partial charge in [-0.2, -0.15) is 0 Å². The Hall–Kier alpha value is -0.290. The molecule has 0 atom stereocenters. The molecule has 1 radical (unpaired) electrons. The van der Waals surface area contributed by atoms with Crippen molar-refractivity contribution >= 4 is 33.2 Å². The molecule has 0 aliphatic rings. The van der Waals surface area contributed by atoms with Crippen LogP contribution in [-0.2, 0) is 10.0 Å². The molecule has 13 heavy (non-hydrogen) atoms. The van der Waals surface area contributed by atoms with Crippen molar-refractivity contribution in [3.05, 3.63) is 35.3 Å². The van der Waals surface area contributed by atoms with Gasteiger partial charge in [-0.05, 0) is 12.1 Å². The molecule has 1 aromatic rings. The van der Waals surface area contributed by atoms with E-state index in [1.165, 1.54) is 12.1 Å². The molecule has 0 aromatic heterocycles. The summed E-state index contributed by atoms with van der Waals surface area (Å²) in [7, 11) is -0.624. The Balaban J connectivity index is 3.46. The normalized spacial score (nSPS) is 11.6. The van der Waals surface area contributed by atoms with Crippen LogP contribution in [0.5, 0.6) is 0 Å². The minimum absolute atomic E-state index is 0.0728. The summed E-state index contributed by atoms with van der Waals surface area (Å²) in [5, 5.41) is 0.146. The maximum atomic E-state index is 11.3. The predicted molar refractivity (Wildman–Crippen MR) is 52.1 cm³/mol. The molecule has 0 aliphatic heterocycles. The van der Waals surface area contributed by atoms with E-state index in [-0.39, 0.29) is 14.9 Å². The summed E-state index contributed by atoms with van der Waals surface area (Å²) in [5.74, 6) is 0. The third-order valence-electron chi connectivity index (χ3n) is 1.38. The average molecular weight is 239 g/mol. The fourth-order valence-electron chi connectivity index (χ4n) is 0.811. The molecule has 0 unspecified atom stereocenters. The van der Waals surface area contributed by atoms with Crippen LogP contribution >= 0.6 is 23.2 Å². The number of benzene rings is 1. The molecular formula is C7H6Cl2NO2S. The van der Waals surface area contributed by atoms with Gasteiger partial charge in [-0.25, -0.2) is 13.1 Å². The number of nitrogens with one attached hydrogen (secondary N) is 1. The van der Waals surface area contributed by atoms with Gasteiger partial charge >= 0.3 is 0 Å². The molecular weight excluding hydrogens is 233 g/mol. The van der Waals surface area contributed by atoms with Gasteiger partial charge in [0.05, 0.1) is 10.0 Å². The predicted octanol–water partition coefficient (Wildman–Crippen LogP) is 2.06. The second-order valence-electron chi connectivity index (χ2n) is 2.20. The van der Waals surface area contributed by atoms with Gasteiger partial charge < -0.3 is 0 Å². The standard InChI is InChI=1S/C7H6Cl2NO2S/c1-10-13(11,12)7-5(8)3-2-4-6(7)9/h2-4,10H,1H2. The summed E-state index contributed by atoms with van der Waals surface area (Å²) < 4.78 is 24.5. The number of halogens is 2. The number of hydrogen-bond acceptors (Lipinski definition) is 2. The first-order chi connectivity index (χ1) is 5.99. The molecule has 0 heterocycles. The van der Waals surface area contributed by atoms with Gasteiger partial charge in [0, 0.05) is 7.05 Å². The average Bonchev–Trinajstić information content (AvgIpc) is 2.03. The molecule has 0 bridgehead atoms. The van der Waals surface area contributed by atoms with Crippen LogP contribution < -0.4 is 4.72 Å². The first-order valence-corrected chi connectivity index (χ1v) is 5.46. The van der Waals surface area contributed by atoms with E-state index in [1.54, 1.807) is 6.07 Å². The highest BCUT2D eigenvalue weighted by Gasteiger charge is 2.18. The molecule has 1 rings (SSSR count). The van der Waals surface area contributed by atoms with Crippen molar-refractivity contribution in [3.63, 3.8) is 0 Å². The van der Waals surface area contributed by atoms with Gasteiger partial charge in [0.15, 0.2) is 0 Å². The topological polar surface area (TPSA) is 46.2 Å². The Morgan fingerprint density at radius 2 is 1.69 bits per heavy atom. The monoisotopic (exact) mass is 238 g/mol. The molecule has 3 nitrogen and oxygen atoms in total. The number of sulfonamides is 1. The molecule has 71 valence electrons. The van der Waals surface area contributed by atoms with Crippen molar-refractivity contribution in [1.29, 1.82) is 0 Å². The van der Waals surface area contributed by atoms with Crippen LogP contribution in [-0.4, -0.2) is 8.42 Å². The second kappa shape index (κ2) is 3.84. The number of hydrogen-bond donors (Lipinski definition) is 1. The minimum atomic E-state index is -3.68. The van der Waals surface area contributed by atoms with Gasteiger partial charge in [0.1, 0.15) is 4.90 Å². The van der Waals surface area contributed by atoms with E-state index in [9.17, 15) is 8.42 Å². The zero-order chi connectivity index (χ0) is 10.1. The van der Waals surface area contributed by atoms with Gasteiger partial charge in [-0.15, -0.1) is 0 Å². The lowest BCUT2D eigenvalue weighted by Crippen LogP contribution is -2.17. The molecule has 0 fully saturated rings. The highest BCUT2D eigenvalue weighted by molar-refractivity contribution is 7.89. The molecule has 0 saturated heterocycles. The summed E-state index contributed by atoms with van der Waals surface area (Å²) in [4.78, 5) is -0.145. The van der Waals surface area contributed by atoms with E-state index in [1.807, 2.05) is 4.72 Å². The Kier molecular flexibility index (Phi) is 3.18. The number of rotatable bonds is 2. The largest absolute Gasteiger partial charge is 0.243 e. The smallest absolute Gasteiger partial charge is 0.210 e. The molecule has 0 amide bonds. The van der Waals surface area contributed by atoms with Gasteiger partial charge in [-0.3, -0.25) is 0 Å². The molecule has 1 aromatic carbocycles. The minimum Gasteiger partial charge on any atom is -0.210 e. The Bertz CT molecular complexity index is 396. The van der Waals surface area contributed by atoms with Gasteiger partial charge in [-0.1, -0.05) is 29.3 Å². The fourth-order valence-corrected chi connectivity index (χ4v) is 2.61. The van der Waals surface area contributed by atoms with Crippen molar-refractivity contribution in [2.45, 2.75) is 4.90 Å². The highest BCUT2D eigenvalue weighted by Crippen LogP contribution is 2.28. The fraction of sp³-hybridized carbons (Fsp3) is 0. The summed E-state index contributed by atoms with van der Waals surface area (Å²) in [6, 6.07) is 4.45. The van der Waals surface area contributed by atoms with Crippen LogP contribution in [0.25, 0.3) is 0 Å². The van der Waals surface area contributed by atoms with Crippen molar-refractivity contribution in [2.24, 2.45) is 0 Å². The van der Waals surface area contributed by atoms with Crippen LogP contribution in [0.15, 0.2) is 23.1 Å². The summed E-state index contributed by atoms with van der Waals surface area (Å²) in [5.41, 5.74) is 0. The third-order valence-corrected chi connectivity index (χ3v) is 3.59. The summed E-state index contributed by atoms with van der Waals surface area (Å²) >= 11 is 11.3. The van der Waals surface area contributed by atoms with Gasteiger partial charge in [0.2, 0.25) is 10.0 Å². The van der Waals surface area contributed by atoms with Crippen molar-refractivity contribution in [1.82, 2.24) is 4.72 Å². The molecule has 0 saturated carbocycles. The maximum absolute atomic E-state index is 11.3. The quantitative estimate of drug-likeness (QED) is 0.858. The molecule has 0 spiro atoms. The zero-order valence-electron chi connectivity index (χ0n) is 6.42. The lowest BCUT2D eigenvalue weighted by molar-refractivity contribution is 0.590. The van der Waals surface area contributed by atoms with E-state index in [0.29, 0.717) is 0 Å². The van der Waals surface area contributed by atoms with E-state index >= 15 is 0 Å². The molecule has 0 aliphatic carbocycles. The maximum Gasteiger partial charge on any atom is 0.243 e. The van der Waals surface area contributed by atoms with E-state index in [0.717, 1.165) is 0 Å². The first kappa shape index (κ1) is 10.8. The Morgan fingerprint density at radius 3 is 2.08 bits per heavy atom. The van der Waals surface area contributed by atoms with Crippen LogP contribution in [0.1, 0.15) is 0 Å². The van der Waals surface area contributed by atoms with Crippen molar-refractivity contribution < 1.29 is 8.42 Å². The Labute approximate surface area is 86.7 Å². The third kappa shape index (κ3) is 2.14. The van der Waals surface area contributed by atoms with Crippen molar-refractivity contribution in [2.75, 3.05) is 0 Å². The lowest BCUT2D eigenvalue weighted by atomic mass is 10.4. The zero-order valence-corrected chi connectivity index (χ0v) is 8.75. The summed E-state index contributed by atoms with van der Waals surface area (Å²) in [6.07, 6.45) is 0. The summed E-state index contributed by atoms with van der Waals surface area (Å²) in [6.45, 7) is 0. The van der Waals surface area contributed by atoms with Gasteiger partial charge in [0.25, 0.3) is 0 Å². The van der Waals surface area contributed by atoms with E-state index < -0.39 is 10.0 Å².